The van der Waals surface area contributed by atoms with Crippen LogP contribution in [0.15, 0.2) is 22.7 Å². The van der Waals surface area contributed by atoms with E-state index >= 15 is 0 Å². The van der Waals surface area contributed by atoms with Crippen molar-refractivity contribution < 1.29 is 13.9 Å². The quantitative estimate of drug-likeness (QED) is 0.793. The molecule has 0 saturated carbocycles. The minimum absolute atomic E-state index is 0.101. The zero-order chi connectivity index (χ0) is 12.8. The summed E-state index contributed by atoms with van der Waals surface area (Å²) in [5.41, 5.74) is 0.305. The Morgan fingerprint density at radius 1 is 1.47 bits per heavy atom. The number of benzene rings is 1. The third-order valence-electron chi connectivity index (χ3n) is 2.37. The van der Waals surface area contributed by atoms with Crippen molar-refractivity contribution in [2.24, 2.45) is 0 Å². The van der Waals surface area contributed by atoms with E-state index in [-0.39, 0.29) is 5.78 Å². The number of carbonyl (C=O) groups excluding carboxylic acids is 1. The monoisotopic (exact) mass is 302 g/mol. The molecule has 0 heterocycles. The molecule has 94 valence electrons. The van der Waals surface area contributed by atoms with Gasteiger partial charge in [0.15, 0.2) is 5.78 Å². The number of ether oxygens (including phenoxy) is 1. The summed E-state index contributed by atoms with van der Waals surface area (Å²) >= 11 is 3.27. The Morgan fingerprint density at radius 2 is 2.18 bits per heavy atom. The molecule has 0 aliphatic heterocycles. The summed E-state index contributed by atoms with van der Waals surface area (Å²) in [4.78, 5) is 11.8. The van der Waals surface area contributed by atoms with E-state index in [0.717, 1.165) is 10.9 Å². The van der Waals surface area contributed by atoms with E-state index in [4.69, 9.17) is 4.74 Å². The average Bonchev–Trinajstić information content (AvgIpc) is 2.33. The highest BCUT2D eigenvalue weighted by Gasteiger charge is 2.22. The summed E-state index contributed by atoms with van der Waals surface area (Å²) in [5, 5.41) is 0. The molecule has 1 unspecified atom stereocenters. The lowest BCUT2D eigenvalue weighted by Crippen LogP contribution is -2.17. The van der Waals surface area contributed by atoms with E-state index in [1.165, 1.54) is 6.07 Å². The molecule has 0 bridgehead atoms. The minimum atomic E-state index is -0.794. The second kappa shape index (κ2) is 6.87. The molecule has 2 nitrogen and oxygen atoms in total. The van der Waals surface area contributed by atoms with Crippen LogP contribution in [-0.4, -0.2) is 12.4 Å². The number of rotatable bonds is 6. The SMILES string of the molecule is CCCOC(C(=O)CC)c1cc(Br)ccc1F. The molecule has 0 aromatic heterocycles. The van der Waals surface area contributed by atoms with Crippen molar-refractivity contribution in [1.29, 1.82) is 0 Å². The van der Waals surface area contributed by atoms with Gasteiger partial charge in [-0.2, -0.15) is 0 Å². The van der Waals surface area contributed by atoms with Crippen molar-refractivity contribution in [3.63, 3.8) is 0 Å². The largest absolute Gasteiger partial charge is 0.366 e. The van der Waals surface area contributed by atoms with Gasteiger partial charge in [0.2, 0.25) is 0 Å². The van der Waals surface area contributed by atoms with E-state index in [0.29, 0.717) is 18.6 Å². The predicted molar refractivity (Wildman–Crippen MR) is 68.4 cm³/mol. The zero-order valence-electron chi connectivity index (χ0n) is 10.0. The van der Waals surface area contributed by atoms with Crippen LogP contribution < -0.4 is 0 Å². The van der Waals surface area contributed by atoms with Crippen LogP contribution in [0.1, 0.15) is 38.4 Å². The Balaban J connectivity index is 3.02. The summed E-state index contributed by atoms with van der Waals surface area (Å²) < 4.78 is 19.9. The van der Waals surface area contributed by atoms with Crippen molar-refractivity contribution in [2.75, 3.05) is 6.61 Å². The number of Topliss-reactive ketones (excluding diaryl/α,β-unsaturated/α-hetero) is 1. The van der Waals surface area contributed by atoms with Gasteiger partial charge in [0.25, 0.3) is 0 Å². The Bertz CT molecular complexity index is 393. The van der Waals surface area contributed by atoms with Crippen LogP contribution in [0.3, 0.4) is 0 Å². The molecule has 1 rings (SSSR count). The van der Waals surface area contributed by atoms with Crippen molar-refractivity contribution in [2.45, 2.75) is 32.8 Å². The van der Waals surface area contributed by atoms with Crippen LogP contribution >= 0.6 is 15.9 Å². The molecule has 1 atom stereocenters. The van der Waals surface area contributed by atoms with Gasteiger partial charge in [0, 0.05) is 23.1 Å². The smallest absolute Gasteiger partial charge is 0.165 e. The summed E-state index contributed by atoms with van der Waals surface area (Å²) in [6.45, 7) is 4.15. The number of hydrogen-bond donors (Lipinski definition) is 0. The van der Waals surface area contributed by atoms with E-state index in [9.17, 15) is 9.18 Å². The molecule has 0 amide bonds. The Kier molecular flexibility index (Phi) is 5.78. The Hall–Kier alpha value is -0.740. The molecular weight excluding hydrogens is 287 g/mol. The van der Waals surface area contributed by atoms with Gasteiger partial charge >= 0.3 is 0 Å². The average molecular weight is 303 g/mol. The molecule has 0 N–H and O–H groups in total. The first-order valence-electron chi connectivity index (χ1n) is 5.69. The summed E-state index contributed by atoms with van der Waals surface area (Å²) in [6, 6.07) is 4.54. The van der Waals surface area contributed by atoms with Gasteiger partial charge in [0.05, 0.1) is 0 Å². The van der Waals surface area contributed by atoms with Gasteiger partial charge in [0.1, 0.15) is 11.9 Å². The van der Waals surface area contributed by atoms with Crippen LogP contribution in [-0.2, 0) is 9.53 Å². The van der Waals surface area contributed by atoms with Crippen molar-refractivity contribution in [1.82, 2.24) is 0 Å². The maximum atomic E-state index is 13.7. The van der Waals surface area contributed by atoms with Crippen LogP contribution in [0, 0.1) is 5.82 Å². The van der Waals surface area contributed by atoms with Gasteiger partial charge in [-0.3, -0.25) is 4.79 Å². The predicted octanol–water partition coefficient (Wildman–Crippen LogP) is 4.04. The maximum Gasteiger partial charge on any atom is 0.165 e. The fourth-order valence-electron chi connectivity index (χ4n) is 1.49. The zero-order valence-corrected chi connectivity index (χ0v) is 11.6. The number of hydrogen-bond acceptors (Lipinski definition) is 2. The molecular formula is C13H16BrFO2. The first-order chi connectivity index (χ1) is 8.10. The summed E-state index contributed by atoms with van der Waals surface area (Å²) in [7, 11) is 0. The molecule has 1 aromatic rings. The fourth-order valence-corrected chi connectivity index (χ4v) is 1.87. The number of halogens is 2. The van der Waals surface area contributed by atoms with Gasteiger partial charge in [-0.1, -0.05) is 29.8 Å². The van der Waals surface area contributed by atoms with Crippen molar-refractivity contribution >= 4 is 21.7 Å². The normalized spacial score (nSPS) is 12.5. The summed E-state index contributed by atoms with van der Waals surface area (Å²) in [6.07, 6.45) is 0.334. The minimum Gasteiger partial charge on any atom is -0.366 e. The molecule has 0 radical (unpaired) electrons. The van der Waals surface area contributed by atoms with Crippen molar-refractivity contribution in [3.05, 3.63) is 34.1 Å². The number of carbonyl (C=O) groups is 1. The fraction of sp³-hybridized carbons (Fsp3) is 0.462. The first kappa shape index (κ1) is 14.3. The molecule has 4 heteroatoms. The van der Waals surface area contributed by atoms with Crippen LogP contribution in [0.5, 0.6) is 0 Å². The molecule has 1 aromatic carbocycles. The summed E-state index contributed by atoms with van der Waals surface area (Å²) in [5.74, 6) is -0.508. The van der Waals surface area contributed by atoms with Gasteiger partial charge in [-0.25, -0.2) is 4.39 Å². The maximum absolute atomic E-state index is 13.7. The van der Waals surface area contributed by atoms with Crippen LogP contribution in [0.2, 0.25) is 0 Å². The highest BCUT2D eigenvalue weighted by Crippen LogP contribution is 2.26. The molecule has 0 saturated heterocycles. The van der Waals surface area contributed by atoms with E-state index in [2.05, 4.69) is 15.9 Å². The molecule has 0 spiro atoms. The van der Waals surface area contributed by atoms with E-state index in [1.54, 1.807) is 19.1 Å². The Morgan fingerprint density at radius 3 is 2.76 bits per heavy atom. The molecule has 0 fully saturated rings. The molecule has 0 aliphatic carbocycles. The van der Waals surface area contributed by atoms with Gasteiger partial charge < -0.3 is 4.74 Å². The highest BCUT2D eigenvalue weighted by atomic mass is 79.9. The number of ketones is 1. The van der Waals surface area contributed by atoms with Gasteiger partial charge in [-0.15, -0.1) is 0 Å². The molecule has 0 aliphatic rings. The van der Waals surface area contributed by atoms with Crippen LogP contribution in [0.4, 0.5) is 4.39 Å². The Labute approximate surface area is 109 Å². The third-order valence-corrected chi connectivity index (χ3v) is 2.86. The second-order valence-electron chi connectivity index (χ2n) is 3.74. The second-order valence-corrected chi connectivity index (χ2v) is 4.65. The van der Waals surface area contributed by atoms with Crippen molar-refractivity contribution in [3.8, 4) is 0 Å². The molecule has 17 heavy (non-hydrogen) atoms. The topological polar surface area (TPSA) is 26.3 Å². The lowest BCUT2D eigenvalue weighted by atomic mass is 10.0. The lowest BCUT2D eigenvalue weighted by molar-refractivity contribution is -0.130. The lowest BCUT2D eigenvalue weighted by Gasteiger charge is -2.17. The first-order valence-corrected chi connectivity index (χ1v) is 6.48. The standard InChI is InChI=1S/C13H16BrFO2/c1-3-7-17-13(12(16)4-2)10-8-9(14)5-6-11(10)15/h5-6,8,13H,3-4,7H2,1-2H3. The highest BCUT2D eigenvalue weighted by molar-refractivity contribution is 9.10. The van der Waals surface area contributed by atoms with Crippen LogP contribution in [0.25, 0.3) is 0 Å². The third kappa shape index (κ3) is 3.89. The van der Waals surface area contributed by atoms with E-state index in [1.807, 2.05) is 6.92 Å². The van der Waals surface area contributed by atoms with E-state index < -0.39 is 11.9 Å². The van der Waals surface area contributed by atoms with Gasteiger partial charge in [-0.05, 0) is 24.6 Å².